The van der Waals surface area contributed by atoms with Crippen LogP contribution in [0.2, 0.25) is 0 Å². The van der Waals surface area contributed by atoms with Gasteiger partial charge in [0.05, 0.1) is 17.2 Å². The van der Waals surface area contributed by atoms with E-state index >= 15 is 0 Å². The number of hydrogen-bond donors (Lipinski definition) is 1. The second kappa shape index (κ2) is 5.82. The van der Waals surface area contributed by atoms with E-state index in [1.54, 1.807) is 0 Å². The molecule has 120 valence electrons. The molecule has 0 saturated carbocycles. The number of nitro groups is 1. The van der Waals surface area contributed by atoms with Crippen LogP contribution in [-0.4, -0.2) is 30.3 Å². The summed E-state index contributed by atoms with van der Waals surface area (Å²) in [6, 6.07) is 7.62. The van der Waals surface area contributed by atoms with Crippen molar-refractivity contribution in [1.82, 2.24) is 19.5 Å². The Morgan fingerprint density at radius 3 is 2.87 bits per heavy atom. The summed E-state index contributed by atoms with van der Waals surface area (Å²) in [5, 5.41) is 11.1. The lowest BCUT2D eigenvalue weighted by Crippen LogP contribution is -2.25. The molecule has 9 heteroatoms. The molecule has 0 aliphatic carbocycles. The molecule has 23 heavy (non-hydrogen) atoms. The Morgan fingerprint density at radius 1 is 1.43 bits per heavy atom. The van der Waals surface area contributed by atoms with Crippen LogP contribution in [0.1, 0.15) is 12.6 Å². The van der Waals surface area contributed by atoms with E-state index in [0.29, 0.717) is 24.1 Å². The van der Waals surface area contributed by atoms with E-state index in [1.807, 2.05) is 28.8 Å². The summed E-state index contributed by atoms with van der Waals surface area (Å²) < 4.78 is 1.92. The molecule has 0 saturated heterocycles. The van der Waals surface area contributed by atoms with Gasteiger partial charge in [0, 0.05) is 24.3 Å². The van der Waals surface area contributed by atoms with Crippen LogP contribution < -0.4 is 0 Å². The van der Waals surface area contributed by atoms with Crippen LogP contribution in [0.25, 0.3) is 22.7 Å². The first-order chi connectivity index (χ1) is 10.9. The molecule has 3 aromatic rings. The van der Waals surface area contributed by atoms with Crippen LogP contribution in [0.15, 0.2) is 30.5 Å². The maximum absolute atomic E-state index is 11.1. The molecule has 2 heterocycles. The Kier molecular flexibility index (Phi) is 3.99. The van der Waals surface area contributed by atoms with E-state index in [9.17, 15) is 10.1 Å². The summed E-state index contributed by atoms with van der Waals surface area (Å²) in [6.07, 6.45) is 1.36. The number of halogens is 2. The van der Waals surface area contributed by atoms with Gasteiger partial charge in [-0.05, 0) is 23.7 Å². The van der Waals surface area contributed by atoms with Crippen molar-refractivity contribution in [1.29, 1.82) is 0 Å². The Balaban J connectivity index is 2.12. The first kappa shape index (κ1) is 15.8. The highest BCUT2D eigenvalue weighted by molar-refractivity contribution is 6.22. The number of para-hydroxylation sites is 2. The van der Waals surface area contributed by atoms with Crippen LogP contribution in [0.3, 0.4) is 0 Å². The van der Waals surface area contributed by atoms with Gasteiger partial charge in [0.1, 0.15) is 5.69 Å². The van der Waals surface area contributed by atoms with Crippen molar-refractivity contribution in [2.75, 3.05) is 5.88 Å². The minimum Gasteiger partial charge on any atom is -0.332 e. The largest absolute Gasteiger partial charge is 0.333 e. The van der Waals surface area contributed by atoms with Crippen molar-refractivity contribution in [3.8, 4) is 11.6 Å². The molecule has 0 aliphatic rings. The van der Waals surface area contributed by atoms with E-state index < -0.39 is 9.92 Å². The molecule has 1 unspecified atom stereocenters. The van der Waals surface area contributed by atoms with E-state index in [1.165, 1.54) is 13.1 Å². The van der Waals surface area contributed by atoms with Crippen molar-refractivity contribution in [2.24, 2.45) is 0 Å². The fourth-order valence-electron chi connectivity index (χ4n) is 2.33. The van der Waals surface area contributed by atoms with Crippen molar-refractivity contribution >= 4 is 34.2 Å². The molecule has 0 radical (unpaired) electrons. The highest BCUT2D eigenvalue weighted by Gasteiger charge is 2.39. The average molecular weight is 354 g/mol. The fourth-order valence-corrected chi connectivity index (χ4v) is 2.60. The van der Waals surface area contributed by atoms with Gasteiger partial charge in [0.2, 0.25) is 0 Å². The smallest absolute Gasteiger partial charge is 0.332 e. The quantitative estimate of drug-likeness (QED) is 0.329. The van der Waals surface area contributed by atoms with Crippen molar-refractivity contribution < 1.29 is 4.92 Å². The summed E-state index contributed by atoms with van der Waals surface area (Å²) in [4.78, 5) is 20.4. The number of hydrogen-bond acceptors (Lipinski definition) is 4. The number of aromatic amines is 1. The molecule has 1 aromatic carbocycles. The Bertz CT molecular complexity index is 871. The maximum Gasteiger partial charge on any atom is 0.333 e. The van der Waals surface area contributed by atoms with Gasteiger partial charge in [-0.25, -0.2) is 9.97 Å². The number of alkyl halides is 2. The zero-order valence-corrected chi connectivity index (χ0v) is 13.7. The molecular formula is C14H13Cl2N5O2. The fraction of sp³-hybridized carbons (Fsp3) is 0.286. The first-order valence-electron chi connectivity index (χ1n) is 6.85. The molecule has 0 aliphatic heterocycles. The lowest BCUT2D eigenvalue weighted by molar-refractivity contribution is -0.546. The van der Waals surface area contributed by atoms with E-state index in [-0.39, 0.29) is 5.69 Å². The lowest BCUT2D eigenvalue weighted by atomic mass is 10.3. The minimum absolute atomic E-state index is 0.198. The van der Waals surface area contributed by atoms with Crippen LogP contribution in [0.5, 0.6) is 0 Å². The van der Waals surface area contributed by atoms with Gasteiger partial charge in [-0.3, -0.25) is 10.1 Å². The third-order valence-electron chi connectivity index (χ3n) is 3.58. The van der Waals surface area contributed by atoms with Crippen LogP contribution in [-0.2, 0) is 11.5 Å². The molecule has 0 fully saturated rings. The molecule has 0 bridgehead atoms. The number of nitrogens with one attached hydrogen (secondary N) is 1. The van der Waals surface area contributed by atoms with Crippen molar-refractivity contribution in [2.45, 2.75) is 18.5 Å². The Labute approximate surface area is 141 Å². The van der Waals surface area contributed by atoms with Gasteiger partial charge >= 0.3 is 5.00 Å². The zero-order valence-electron chi connectivity index (χ0n) is 12.2. The number of H-pyrrole nitrogens is 1. The topological polar surface area (TPSA) is 89.6 Å². The summed E-state index contributed by atoms with van der Waals surface area (Å²) in [7, 11) is 0. The molecule has 3 rings (SSSR count). The molecule has 1 atom stereocenters. The number of rotatable bonds is 5. The highest BCUT2D eigenvalue weighted by atomic mass is 35.5. The van der Waals surface area contributed by atoms with E-state index in [0.717, 1.165) is 11.0 Å². The van der Waals surface area contributed by atoms with Crippen molar-refractivity contribution in [3.63, 3.8) is 0 Å². The van der Waals surface area contributed by atoms with Gasteiger partial charge in [-0.1, -0.05) is 12.1 Å². The van der Waals surface area contributed by atoms with Crippen LogP contribution >= 0.6 is 23.2 Å². The highest BCUT2D eigenvalue weighted by Crippen LogP contribution is 2.30. The van der Waals surface area contributed by atoms with E-state index in [4.69, 9.17) is 23.2 Å². The van der Waals surface area contributed by atoms with Crippen molar-refractivity contribution in [3.05, 3.63) is 46.3 Å². The predicted octanol–water partition coefficient (Wildman–Crippen LogP) is 3.35. The molecule has 7 nitrogen and oxygen atoms in total. The maximum atomic E-state index is 11.1. The average Bonchev–Trinajstić information content (AvgIpc) is 3.13. The summed E-state index contributed by atoms with van der Waals surface area (Å²) in [6.45, 7) is 1.84. The summed E-state index contributed by atoms with van der Waals surface area (Å²) >= 11 is 11.8. The molecular weight excluding hydrogens is 341 g/mol. The number of fused-ring (bicyclic) bond motifs is 1. The number of aryl methyl sites for hydroxylation is 1. The van der Waals surface area contributed by atoms with Gasteiger partial charge in [0.15, 0.2) is 11.6 Å². The standard InChI is InChI=1S/C14H13Cl2N5O2/c1-14(16,21(22)23)11-8-17-12(19-11)13-18-9-4-2-3-5-10(9)20(13)7-6-15/h2-5,8H,6-7H2,1H3,(H,17,19). The Hall–Kier alpha value is -2.12. The van der Waals surface area contributed by atoms with Crippen LogP contribution in [0, 0.1) is 10.1 Å². The predicted molar refractivity (Wildman–Crippen MR) is 88.2 cm³/mol. The number of aromatic nitrogens is 4. The molecule has 0 spiro atoms. The third-order valence-corrected chi connectivity index (χ3v) is 4.10. The van der Waals surface area contributed by atoms with Gasteiger partial charge < -0.3 is 9.55 Å². The summed E-state index contributed by atoms with van der Waals surface area (Å²) in [5.41, 5.74) is 1.92. The number of benzene rings is 1. The number of nitrogens with zero attached hydrogens (tertiary/aromatic N) is 4. The molecule has 0 amide bonds. The normalized spacial score (nSPS) is 14.0. The monoisotopic (exact) mass is 353 g/mol. The first-order valence-corrected chi connectivity index (χ1v) is 7.77. The molecule has 2 aromatic heterocycles. The van der Waals surface area contributed by atoms with E-state index in [2.05, 4.69) is 15.0 Å². The summed E-state index contributed by atoms with van der Waals surface area (Å²) in [5.74, 6) is 1.38. The molecule has 1 N–H and O–H groups in total. The minimum atomic E-state index is -1.77. The zero-order chi connectivity index (χ0) is 16.6. The van der Waals surface area contributed by atoms with Crippen LogP contribution in [0.4, 0.5) is 0 Å². The number of imidazole rings is 2. The van der Waals surface area contributed by atoms with Gasteiger partial charge in [-0.2, -0.15) is 0 Å². The Morgan fingerprint density at radius 2 is 2.17 bits per heavy atom. The third kappa shape index (κ3) is 2.66. The van der Waals surface area contributed by atoms with Gasteiger partial charge in [0.25, 0.3) is 0 Å². The lowest BCUT2D eigenvalue weighted by Gasteiger charge is -2.10. The second-order valence-corrected chi connectivity index (χ2v) is 6.23. The SMILES string of the molecule is CC(Cl)(c1cnc(-c2nc3ccccc3n2CCCl)[nH]1)[N+](=O)[O-]. The van der Waals surface area contributed by atoms with Gasteiger partial charge in [-0.15, -0.1) is 11.6 Å². The second-order valence-electron chi connectivity index (χ2n) is 5.12.